The molecule has 0 saturated carbocycles. The summed E-state index contributed by atoms with van der Waals surface area (Å²) in [6.45, 7) is 1.41. The molecule has 4 heterocycles. The molecule has 0 radical (unpaired) electrons. The number of aromatic nitrogens is 2. The van der Waals surface area contributed by atoms with E-state index in [0.717, 1.165) is 30.4 Å². The van der Waals surface area contributed by atoms with Gasteiger partial charge >= 0.3 is 24.1 Å². The number of hydrogen-bond donors (Lipinski definition) is 1. The van der Waals surface area contributed by atoms with Crippen molar-refractivity contribution in [3.05, 3.63) is 107 Å². The molecular formula is C33H34N4O10. The van der Waals surface area contributed by atoms with E-state index in [1.165, 1.54) is 18.4 Å². The number of benzene rings is 2. The van der Waals surface area contributed by atoms with E-state index in [1.54, 1.807) is 4.90 Å². The number of likely N-dealkylation sites (tertiary alicyclic amines) is 2. The molecule has 1 N–H and O–H groups in total. The molecular weight excluding hydrogens is 612 g/mol. The van der Waals surface area contributed by atoms with Crippen molar-refractivity contribution in [2.24, 2.45) is 0 Å². The zero-order chi connectivity index (χ0) is 33.2. The summed E-state index contributed by atoms with van der Waals surface area (Å²) in [7, 11) is 1.28. The van der Waals surface area contributed by atoms with E-state index in [4.69, 9.17) is 28.2 Å². The number of aromatic carboxylic acids is 1. The molecule has 4 aromatic rings. The molecule has 2 fully saturated rings. The van der Waals surface area contributed by atoms with Crippen molar-refractivity contribution >= 4 is 24.1 Å². The third-order valence-electron chi connectivity index (χ3n) is 7.76. The summed E-state index contributed by atoms with van der Waals surface area (Å²) >= 11 is 0. The first-order valence-electron chi connectivity index (χ1n) is 15.0. The summed E-state index contributed by atoms with van der Waals surface area (Å²) in [6.07, 6.45) is 4.21. The van der Waals surface area contributed by atoms with Gasteiger partial charge in [-0.2, -0.15) is 0 Å². The van der Waals surface area contributed by atoms with Crippen molar-refractivity contribution in [3.63, 3.8) is 0 Å². The van der Waals surface area contributed by atoms with Crippen molar-refractivity contribution in [1.82, 2.24) is 19.8 Å². The third kappa shape index (κ3) is 7.95. The van der Waals surface area contributed by atoms with Crippen LogP contribution in [0.15, 0.2) is 82.3 Å². The zero-order valence-electron chi connectivity index (χ0n) is 25.7. The zero-order valence-corrected chi connectivity index (χ0v) is 25.7. The summed E-state index contributed by atoms with van der Waals surface area (Å²) in [6, 6.07) is 18.0. The van der Waals surface area contributed by atoms with Crippen molar-refractivity contribution in [3.8, 4) is 0 Å². The molecule has 2 saturated heterocycles. The first-order valence-corrected chi connectivity index (χ1v) is 15.0. The third-order valence-corrected chi connectivity index (χ3v) is 7.76. The lowest BCUT2D eigenvalue weighted by Crippen LogP contribution is -2.31. The molecule has 246 valence electrons. The minimum Gasteiger partial charge on any atom is -0.476 e. The van der Waals surface area contributed by atoms with Gasteiger partial charge in [0.2, 0.25) is 0 Å². The van der Waals surface area contributed by atoms with Gasteiger partial charge in [0.25, 0.3) is 0 Å². The molecule has 2 amide bonds. The quantitative estimate of drug-likeness (QED) is 0.181. The number of carboxylic acids is 1. The monoisotopic (exact) mass is 646 g/mol. The highest BCUT2D eigenvalue weighted by atomic mass is 16.6. The van der Waals surface area contributed by atoms with Crippen LogP contribution in [0.1, 0.15) is 81.4 Å². The van der Waals surface area contributed by atoms with Crippen LogP contribution in [0.2, 0.25) is 0 Å². The van der Waals surface area contributed by atoms with Crippen LogP contribution < -0.4 is 0 Å². The lowest BCUT2D eigenvalue weighted by molar-refractivity contribution is 0.0583. The number of carbonyl (C=O) groups excluding carboxylic acids is 3. The lowest BCUT2D eigenvalue weighted by Gasteiger charge is -2.22. The second-order valence-electron chi connectivity index (χ2n) is 10.7. The van der Waals surface area contributed by atoms with Gasteiger partial charge in [0.1, 0.15) is 13.2 Å². The Labute approximate surface area is 269 Å². The van der Waals surface area contributed by atoms with E-state index in [9.17, 15) is 19.2 Å². The first kappa shape index (κ1) is 32.7. The fourth-order valence-electron chi connectivity index (χ4n) is 5.51. The van der Waals surface area contributed by atoms with Crippen molar-refractivity contribution in [1.29, 1.82) is 0 Å². The maximum Gasteiger partial charge on any atom is 0.410 e. The molecule has 2 aliphatic heterocycles. The summed E-state index contributed by atoms with van der Waals surface area (Å²) in [5, 5.41) is 9.13. The molecule has 0 bridgehead atoms. The van der Waals surface area contributed by atoms with Gasteiger partial charge in [-0.1, -0.05) is 60.7 Å². The topological polar surface area (TPSA) is 175 Å². The number of oxazole rings is 2. The van der Waals surface area contributed by atoms with Crippen LogP contribution in [0.4, 0.5) is 9.59 Å². The van der Waals surface area contributed by atoms with E-state index in [0.29, 0.717) is 31.7 Å². The summed E-state index contributed by atoms with van der Waals surface area (Å²) < 4.78 is 26.0. The molecule has 2 aromatic heterocycles. The van der Waals surface area contributed by atoms with Gasteiger partial charge in [0.15, 0.2) is 35.7 Å². The maximum absolute atomic E-state index is 12.4. The Morgan fingerprint density at radius 1 is 0.745 bits per heavy atom. The molecule has 0 spiro atoms. The smallest absolute Gasteiger partial charge is 0.410 e. The number of methoxy groups -OCH3 is 1. The number of amides is 2. The van der Waals surface area contributed by atoms with Crippen LogP contribution >= 0.6 is 0 Å². The molecule has 6 rings (SSSR count). The predicted octanol–water partition coefficient (Wildman–Crippen LogP) is 5.78. The van der Waals surface area contributed by atoms with E-state index in [2.05, 4.69) is 9.97 Å². The Hall–Kier alpha value is -5.66. The van der Waals surface area contributed by atoms with E-state index < -0.39 is 30.2 Å². The predicted molar refractivity (Wildman–Crippen MR) is 162 cm³/mol. The normalized spacial score (nSPS) is 17.0. The van der Waals surface area contributed by atoms with E-state index in [1.807, 2.05) is 60.7 Å². The Morgan fingerprint density at radius 2 is 1.19 bits per heavy atom. The van der Waals surface area contributed by atoms with Crippen molar-refractivity contribution < 1.29 is 47.3 Å². The molecule has 2 aliphatic rings. The SMILES string of the molecule is COC(=O)c1ncoc1[C@@H]1CCCN1C(=O)OCc1ccccc1.O=C(O)c1ncoc1[C@@H]1CCCN1C(=O)OCc1ccccc1. The number of rotatable bonds is 8. The highest BCUT2D eigenvalue weighted by Crippen LogP contribution is 2.35. The highest BCUT2D eigenvalue weighted by molar-refractivity contribution is 5.88. The van der Waals surface area contributed by atoms with Crippen LogP contribution in [0, 0.1) is 0 Å². The van der Waals surface area contributed by atoms with Crippen LogP contribution in [-0.2, 0) is 27.4 Å². The summed E-state index contributed by atoms with van der Waals surface area (Å²) in [4.78, 5) is 58.3. The van der Waals surface area contributed by atoms with Crippen molar-refractivity contribution in [2.45, 2.75) is 51.0 Å². The Morgan fingerprint density at radius 3 is 1.64 bits per heavy atom. The molecule has 14 heteroatoms. The fraction of sp³-hybridized carbons (Fsp3) is 0.333. The van der Waals surface area contributed by atoms with Crippen molar-refractivity contribution in [2.75, 3.05) is 20.2 Å². The fourth-order valence-corrected chi connectivity index (χ4v) is 5.51. The Bertz CT molecular complexity index is 1660. The number of carbonyl (C=O) groups is 4. The molecule has 47 heavy (non-hydrogen) atoms. The number of hydrogen-bond acceptors (Lipinski definition) is 11. The average molecular weight is 647 g/mol. The van der Waals surface area contributed by atoms with Gasteiger partial charge in [0.05, 0.1) is 19.2 Å². The number of carboxylic acid groups (broad SMARTS) is 1. The molecule has 2 aromatic carbocycles. The van der Waals surface area contributed by atoms with Gasteiger partial charge in [-0.15, -0.1) is 0 Å². The second kappa shape index (κ2) is 15.6. The minimum absolute atomic E-state index is 0.102. The molecule has 14 nitrogen and oxygen atoms in total. The minimum atomic E-state index is -1.17. The standard InChI is InChI=1S/C17H18N2O5.C16H16N2O5/c1-22-16(20)14-15(24-11-18-14)13-8-5-9-19(13)17(21)23-10-12-6-3-2-4-7-12;19-15(20)13-14(23-10-17-13)12-7-4-8-18(12)16(21)22-9-11-5-2-1-3-6-11/h2-4,6-7,11,13H,5,8-10H2,1H3;1-3,5-6,10,12H,4,7-9H2,(H,19,20)/t13-;12-/m00/s1. The van der Waals surface area contributed by atoms with Gasteiger partial charge in [0, 0.05) is 13.1 Å². The Kier molecular flexibility index (Phi) is 10.8. The van der Waals surface area contributed by atoms with Gasteiger partial charge in [-0.05, 0) is 36.8 Å². The largest absolute Gasteiger partial charge is 0.476 e. The Balaban J connectivity index is 0.000000185. The molecule has 2 atom stereocenters. The second-order valence-corrected chi connectivity index (χ2v) is 10.7. The highest BCUT2D eigenvalue weighted by Gasteiger charge is 2.38. The van der Waals surface area contributed by atoms with E-state index >= 15 is 0 Å². The molecule has 0 aliphatic carbocycles. The number of ether oxygens (including phenoxy) is 3. The summed E-state index contributed by atoms with van der Waals surface area (Å²) in [5.41, 5.74) is 1.75. The average Bonchev–Trinajstić information content (AvgIpc) is 3.93. The van der Waals surface area contributed by atoms with E-state index in [-0.39, 0.29) is 36.4 Å². The summed E-state index contributed by atoms with van der Waals surface area (Å²) in [5.74, 6) is -1.20. The first-order chi connectivity index (χ1) is 22.9. The van der Waals surface area contributed by atoms with Gasteiger partial charge < -0.3 is 28.2 Å². The van der Waals surface area contributed by atoms with Crippen LogP contribution in [0.5, 0.6) is 0 Å². The van der Waals surface area contributed by atoms with Gasteiger partial charge in [-0.25, -0.2) is 29.1 Å². The lowest BCUT2D eigenvalue weighted by atomic mass is 10.1. The van der Waals surface area contributed by atoms with Gasteiger partial charge in [-0.3, -0.25) is 9.80 Å². The number of esters is 1. The maximum atomic E-state index is 12.4. The molecule has 0 unspecified atom stereocenters. The van der Waals surface area contributed by atoms with Crippen LogP contribution in [0.3, 0.4) is 0 Å². The number of nitrogens with zero attached hydrogens (tertiary/aromatic N) is 4. The van der Waals surface area contributed by atoms with Crippen LogP contribution in [0.25, 0.3) is 0 Å². The van der Waals surface area contributed by atoms with Crippen LogP contribution in [-0.4, -0.2) is 69.2 Å².